The molecule has 0 aliphatic rings. The number of fused-ring (bicyclic) bond motifs is 1. The Morgan fingerprint density at radius 2 is 2.17 bits per heavy atom. The van der Waals surface area contributed by atoms with Crippen molar-refractivity contribution in [1.29, 1.82) is 0 Å². The summed E-state index contributed by atoms with van der Waals surface area (Å²) in [5.74, 6) is 0.470. The van der Waals surface area contributed by atoms with Crippen LogP contribution < -0.4 is 0 Å². The normalized spacial score (nSPS) is 11.2. The molecule has 2 aromatic rings. The van der Waals surface area contributed by atoms with Gasteiger partial charge in [-0.25, -0.2) is 9.97 Å². The predicted octanol–water partition coefficient (Wildman–Crippen LogP) is 1.85. The van der Waals surface area contributed by atoms with Crippen LogP contribution in [0.2, 0.25) is 0 Å². The van der Waals surface area contributed by atoms with Crippen molar-refractivity contribution in [1.82, 2.24) is 14.4 Å². The van der Waals surface area contributed by atoms with Crippen LogP contribution in [-0.4, -0.2) is 14.4 Å². The van der Waals surface area contributed by atoms with Gasteiger partial charge in [0.2, 0.25) is 0 Å². The van der Waals surface area contributed by atoms with Gasteiger partial charge in [0.1, 0.15) is 12.7 Å². The Morgan fingerprint density at radius 1 is 1.33 bits per heavy atom. The van der Waals surface area contributed by atoms with E-state index in [9.17, 15) is 0 Å². The first-order valence-corrected chi connectivity index (χ1v) is 4.05. The Labute approximate surface area is 71.1 Å². The zero-order valence-electron chi connectivity index (χ0n) is 7.23. The van der Waals surface area contributed by atoms with Crippen LogP contribution in [0.4, 0.5) is 0 Å². The van der Waals surface area contributed by atoms with Gasteiger partial charge >= 0.3 is 0 Å². The van der Waals surface area contributed by atoms with Gasteiger partial charge in [-0.15, -0.1) is 0 Å². The number of nitrogens with zero attached hydrogens (tertiary/aromatic N) is 3. The minimum atomic E-state index is 0.470. The van der Waals surface area contributed by atoms with Gasteiger partial charge in [0.15, 0.2) is 0 Å². The highest BCUT2D eigenvalue weighted by Crippen LogP contribution is 2.17. The van der Waals surface area contributed by atoms with Crippen molar-refractivity contribution in [3.63, 3.8) is 0 Å². The SMILES string of the molecule is CC(C)c1ncn2cnccc12. The zero-order chi connectivity index (χ0) is 8.55. The van der Waals surface area contributed by atoms with E-state index in [2.05, 4.69) is 23.8 Å². The van der Waals surface area contributed by atoms with Crippen LogP contribution in [0, 0.1) is 0 Å². The number of hydrogen-bond donors (Lipinski definition) is 0. The van der Waals surface area contributed by atoms with Gasteiger partial charge in [-0.2, -0.15) is 0 Å². The fourth-order valence-electron chi connectivity index (χ4n) is 1.32. The van der Waals surface area contributed by atoms with E-state index in [-0.39, 0.29) is 0 Å². The maximum Gasteiger partial charge on any atom is 0.101 e. The largest absolute Gasteiger partial charge is 0.289 e. The van der Waals surface area contributed by atoms with Gasteiger partial charge < -0.3 is 0 Å². The molecule has 2 heterocycles. The Hall–Kier alpha value is -1.38. The van der Waals surface area contributed by atoms with Gasteiger partial charge in [0.25, 0.3) is 0 Å². The highest BCUT2D eigenvalue weighted by molar-refractivity contribution is 5.51. The van der Waals surface area contributed by atoms with Crippen LogP contribution in [0.3, 0.4) is 0 Å². The Balaban J connectivity index is 2.70. The third-order valence-electron chi connectivity index (χ3n) is 1.92. The van der Waals surface area contributed by atoms with Crippen molar-refractivity contribution in [2.45, 2.75) is 19.8 Å². The van der Waals surface area contributed by atoms with E-state index in [1.165, 1.54) is 0 Å². The molecule has 0 saturated carbocycles. The third-order valence-corrected chi connectivity index (χ3v) is 1.92. The summed E-state index contributed by atoms with van der Waals surface area (Å²) in [6.07, 6.45) is 5.37. The second-order valence-electron chi connectivity index (χ2n) is 3.16. The molecule has 0 radical (unpaired) electrons. The summed E-state index contributed by atoms with van der Waals surface area (Å²) in [4.78, 5) is 8.33. The molecule has 0 amide bonds. The van der Waals surface area contributed by atoms with Crippen molar-refractivity contribution in [2.75, 3.05) is 0 Å². The van der Waals surface area contributed by atoms with Crippen molar-refractivity contribution in [3.8, 4) is 0 Å². The summed E-state index contributed by atoms with van der Waals surface area (Å²) < 4.78 is 1.94. The van der Waals surface area contributed by atoms with Crippen molar-refractivity contribution in [2.24, 2.45) is 0 Å². The molecule has 0 aromatic carbocycles. The topological polar surface area (TPSA) is 30.2 Å². The minimum absolute atomic E-state index is 0.470. The summed E-state index contributed by atoms with van der Waals surface area (Å²) in [7, 11) is 0. The number of imidazole rings is 1. The third kappa shape index (κ3) is 0.978. The fourth-order valence-corrected chi connectivity index (χ4v) is 1.32. The standard InChI is InChI=1S/C9H11N3/c1-7(2)9-8-3-4-10-5-12(8)6-11-9/h3-7H,1-2H3. The molecule has 0 spiro atoms. The van der Waals surface area contributed by atoms with Crippen LogP contribution in [0.15, 0.2) is 24.9 Å². The van der Waals surface area contributed by atoms with Gasteiger partial charge in [0, 0.05) is 6.20 Å². The van der Waals surface area contributed by atoms with E-state index in [1.807, 2.05) is 10.5 Å². The summed E-state index contributed by atoms with van der Waals surface area (Å²) in [6, 6.07) is 1.99. The summed E-state index contributed by atoms with van der Waals surface area (Å²) in [6.45, 7) is 4.28. The quantitative estimate of drug-likeness (QED) is 0.639. The summed E-state index contributed by atoms with van der Waals surface area (Å²) in [5.41, 5.74) is 2.29. The van der Waals surface area contributed by atoms with Gasteiger partial charge in [-0.05, 0) is 12.0 Å². The lowest BCUT2D eigenvalue weighted by Crippen LogP contribution is -1.89. The molecular weight excluding hydrogens is 150 g/mol. The molecular formula is C9H11N3. The van der Waals surface area contributed by atoms with Gasteiger partial charge in [-0.1, -0.05) is 13.8 Å². The summed E-state index contributed by atoms with van der Waals surface area (Å²) in [5, 5.41) is 0. The maximum absolute atomic E-state index is 4.32. The van der Waals surface area contributed by atoms with Crippen LogP contribution in [0.5, 0.6) is 0 Å². The van der Waals surface area contributed by atoms with Crippen molar-refractivity contribution >= 4 is 5.52 Å². The van der Waals surface area contributed by atoms with Gasteiger partial charge in [0.05, 0.1) is 11.2 Å². The number of aromatic nitrogens is 3. The van der Waals surface area contributed by atoms with E-state index in [1.54, 1.807) is 18.9 Å². The van der Waals surface area contributed by atoms with E-state index >= 15 is 0 Å². The van der Waals surface area contributed by atoms with E-state index in [0.717, 1.165) is 11.2 Å². The lowest BCUT2D eigenvalue weighted by atomic mass is 10.1. The van der Waals surface area contributed by atoms with E-state index in [0.29, 0.717) is 5.92 Å². The molecule has 3 heteroatoms. The fraction of sp³-hybridized carbons (Fsp3) is 0.333. The second kappa shape index (κ2) is 2.59. The monoisotopic (exact) mass is 161 g/mol. The smallest absolute Gasteiger partial charge is 0.101 e. The summed E-state index contributed by atoms with van der Waals surface area (Å²) >= 11 is 0. The van der Waals surface area contributed by atoms with Gasteiger partial charge in [-0.3, -0.25) is 4.40 Å². The maximum atomic E-state index is 4.32. The van der Waals surface area contributed by atoms with Crippen molar-refractivity contribution in [3.05, 3.63) is 30.6 Å². The predicted molar refractivity (Wildman–Crippen MR) is 47.1 cm³/mol. The molecule has 0 aliphatic heterocycles. The average Bonchev–Trinajstić information content (AvgIpc) is 2.47. The Bertz CT molecular complexity index is 389. The molecule has 0 N–H and O–H groups in total. The molecule has 0 unspecified atom stereocenters. The van der Waals surface area contributed by atoms with E-state index in [4.69, 9.17) is 0 Å². The molecule has 2 aromatic heterocycles. The van der Waals surface area contributed by atoms with E-state index < -0.39 is 0 Å². The van der Waals surface area contributed by atoms with Crippen LogP contribution >= 0.6 is 0 Å². The lowest BCUT2D eigenvalue weighted by Gasteiger charge is -1.99. The molecule has 0 atom stereocenters. The molecule has 0 aliphatic carbocycles. The molecule has 0 fully saturated rings. The van der Waals surface area contributed by atoms with Crippen LogP contribution in [0.1, 0.15) is 25.5 Å². The van der Waals surface area contributed by atoms with Crippen LogP contribution in [-0.2, 0) is 0 Å². The Kier molecular flexibility index (Phi) is 1.57. The van der Waals surface area contributed by atoms with Crippen molar-refractivity contribution < 1.29 is 0 Å². The number of hydrogen-bond acceptors (Lipinski definition) is 2. The molecule has 62 valence electrons. The highest BCUT2D eigenvalue weighted by atomic mass is 15.0. The highest BCUT2D eigenvalue weighted by Gasteiger charge is 2.06. The van der Waals surface area contributed by atoms with Crippen LogP contribution in [0.25, 0.3) is 5.52 Å². The first kappa shape index (κ1) is 7.28. The molecule has 0 bridgehead atoms. The molecule has 12 heavy (non-hydrogen) atoms. The Morgan fingerprint density at radius 3 is 2.92 bits per heavy atom. The average molecular weight is 161 g/mol. The zero-order valence-corrected chi connectivity index (χ0v) is 7.23. The first-order chi connectivity index (χ1) is 5.79. The molecule has 3 nitrogen and oxygen atoms in total. The first-order valence-electron chi connectivity index (χ1n) is 4.05. The lowest BCUT2D eigenvalue weighted by molar-refractivity contribution is 0.841. The molecule has 0 saturated heterocycles. The molecule has 2 rings (SSSR count). The number of rotatable bonds is 1. The minimum Gasteiger partial charge on any atom is -0.289 e. The second-order valence-corrected chi connectivity index (χ2v) is 3.16.